The Labute approximate surface area is 69.8 Å². The number of hydrogen-bond donors (Lipinski definition) is 2. The van der Waals surface area contributed by atoms with Gasteiger partial charge in [-0.05, 0) is 13.0 Å². The third-order valence-electron chi connectivity index (χ3n) is 1.50. The van der Waals surface area contributed by atoms with E-state index in [1.165, 1.54) is 0 Å². The second kappa shape index (κ2) is 5.37. The molecule has 1 atom stereocenters. The molecule has 0 heterocycles. The second-order valence-corrected chi connectivity index (χ2v) is 2.58. The highest BCUT2D eigenvalue weighted by atomic mass is 19.4. The largest absolute Gasteiger partial charge is 0.406 e. The first kappa shape index (κ1) is 11.7. The van der Waals surface area contributed by atoms with Gasteiger partial charge in [-0.15, -0.1) is 0 Å². The van der Waals surface area contributed by atoms with Gasteiger partial charge in [-0.3, -0.25) is 0 Å². The van der Waals surface area contributed by atoms with Crippen LogP contribution in [-0.2, 0) is 0 Å². The lowest BCUT2D eigenvalue weighted by Gasteiger charge is -2.18. The molecule has 0 fully saturated rings. The highest BCUT2D eigenvalue weighted by Crippen LogP contribution is 2.19. The Morgan fingerprint density at radius 2 is 2.00 bits per heavy atom. The van der Waals surface area contributed by atoms with Crippen LogP contribution in [0.4, 0.5) is 13.2 Å². The van der Waals surface area contributed by atoms with E-state index in [2.05, 4.69) is 5.32 Å². The van der Waals surface area contributed by atoms with Crippen molar-refractivity contribution in [2.75, 3.05) is 13.2 Å². The highest BCUT2D eigenvalue weighted by Gasteiger charge is 2.38. The SMILES string of the molecule is CCCCN[C@H](CO)C(F)(F)F. The topological polar surface area (TPSA) is 32.3 Å². The minimum absolute atomic E-state index is 0.293. The zero-order chi connectivity index (χ0) is 9.61. The standard InChI is InChI=1S/C7H14F3NO/c1-2-3-4-11-6(5-12)7(8,9)10/h6,11-12H,2-5H2,1H3/t6-/m1/s1. The third kappa shape index (κ3) is 4.56. The van der Waals surface area contributed by atoms with Crippen molar-refractivity contribution in [2.45, 2.75) is 32.0 Å². The van der Waals surface area contributed by atoms with E-state index in [-0.39, 0.29) is 0 Å². The monoisotopic (exact) mass is 185 g/mol. The smallest absolute Gasteiger partial charge is 0.394 e. The summed E-state index contributed by atoms with van der Waals surface area (Å²) in [5.41, 5.74) is 0. The number of aliphatic hydroxyl groups excluding tert-OH is 1. The van der Waals surface area contributed by atoms with E-state index in [1.54, 1.807) is 0 Å². The summed E-state index contributed by atoms with van der Waals surface area (Å²) in [5, 5.41) is 10.6. The van der Waals surface area contributed by atoms with Gasteiger partial charge in [0.15, 0.2) is 0 Å². The van der Waals surface area contributed by atoms with Crippen LogP contribution in [0, 0.1) is 0 Å². The van der Waals surface area contributed by atoms with Gasteiger partial charge in [-0.1, -0.05) is 13.3 Å². The quantitative estimate of drug-likeness (QED) is 0.633. The van der Waals surface area contributed by atoms with Crippen LogP contribution in [0.25, 0.3) is 0 Å². The van der Waals surface area contributed by atoms with E-state index in [0.717, 1.165) is 6.42 Å². The Hall–Kier alpha value is -0.290. The van der Waals surface area contributed by atoms with Gasteiger partial charge in [0.1, 0.15) is 6.04 Å². The molecule has 0 aromatic rings. The summed E-state index contributed by atoms with van der Waals surface area (Å²) in [6, 6.07) is -1.77. The molecule has 0 aromatic carbocycles. The number of halogens is 3. The van der Waals surface area contributed by atoms with Crippen molar-refractivity contribution >= 4 is 0 Å². The normalized spacial score (nSPS) is 14.8. The molecule has 0 saturated carbocycles. The zero-order valence-corrected chi connectivity index (χ0v) is 6.99. The maximum atomic E-state index is 11.9. The molecule has 0 aliphatic heterocycles. The summed E-state index contributed by atoms with van der Waals surface area (Å²) in [6.45, 7) is 1.29. The minimum Gasteiger partial charge on any atom is -0.394 e. The molecule has 0 saturated heterocycles. The van der Waals surface area contributed by atoms with Crippen molar-refractivity contribution in [1.29, 1.82) is 0 Å². The summed E-state index contributed by atoms with van der Waals surface area (Å²) < 4.78 is 35.8. The van der Waals surface area contributed by atoms with Crippen LogP contribution in [0.15, 0.2) is 0 Å². The number of nitrogens with one attached hydrogen (secondary N) is 1. The predicted octanol–water partition coefficient (Wildman–Crippen LogP) is 1.30. The van der Waals surface area contributed by atoms with Crippen LogP contribution in [0.2, 0.25) is 0 Å². The van der Waals surface area contributed by atoms with E-state index in [4.69, 9.17) is 5.11 Å². The molecule has 0 amide bonds. The van der Waals surface area contributed by atoms with Crippen LogP contribution in [-0.4, -0.2) is 30.5 Å². The van der Waals surface area contributed by atoms with Crippen molar-refractivity contribution < 1.29 is 18.3 Å². The number of aliphatic hydroxyl groups is 1. The molecular formula is C7H14F3NO. The number of alkyl halides is 3. The van der Waals surface area contributed by atoms with Crippen LogP contribution < -0.4 is 5.32 Å². The maximum absolute atomic E-state index is 11.9. The lowest BCUT2D eigenvalue weighted by molar-refractivity contribution is -0.163. The van der Waals surface area contributed by atoms with Crippen LogP contribution in [0.1, 0.15) is 19.8 Å². The Kier molecular flexibility index (Phi) is 5.24. The van der Waals surface area contributed by atoms with Gasteiger partial charge in [0, 0.05) is 0 Å². The fourth-order valence-corrected chi connectivity index (χ4v) is 0.737. The highest BCUT2D eigenvalue weighted by molar-refractivity contribution is 4.73. The average molecular weight is 185 g/mol. The summed E-state index contributed by atoms with van der Waals surface area (Å²) in [4.78, 5) is 0. The fourth-order valence-electron chi connectivity index (χ4n) is 0.737. The molecular weight excluding hydrogens is 171 g/mol. The van der Waals surface area contributed by atoms with Gasteiger partial charge in [0.05, 0.1) is 6.61 Å². The average Bonchev–Trinajstić information content (AvgIpc) is 1.95. The van der Waals surface area contributed by atoms with E-state index < -0.39 is 18.8 Å². The first-order chi connectivity index (χ1) is 5.52. The van der Waals surface area contributed by atoms with Crippen molar-refractivity contribution in [2.24, 2.45) is 0 Å². The molecule has 0 bridgehead atoms. The summed E-state index contributed by atoms with van der Waals surface area (Å²) in [7, 11) is 0. The molecule has 0 spiro atoms. The van der Waals surface area contributed by atoms with Crippen molar-refractivity contribution in [3.05, 3.63) is 0 Å². The van der Waals surface area contributed by atoms with Crippen molar-refractivity contribution in [3.63, 3.8) is 0 Å². The molecule has 5 heteroatoms. The van der Waals surface area contributed by atoms with Crippen LogP contribution in [0.3, 0.4) is 0 Å². The first-order valence-corrected chi connectivity index (χ1v) is 3.93. The molecule has 0 aliphatic carbocycles. The Morgan fingerprint density at radius 1 is 1.42 bits per heavy atom. The molecule has 12 heavy (non-hydrogen) atoms. The molecule has 2 nitrogen and oxygen atoms in total. The second-order valence-electron chi connectivity index (χ2n) is 2.58. The first-order valence-electron chi connectivity index (χ1n) is 3.93. The predicted molar refractivity (Wildman–Crippen MR) is 39.8 cm³/mol. The van der Waals surface area contributed by atoms with Gasteiger partial charge in [0.2, 0.25) is 0 Å². The summed E-state index contributed by atoms with van der Waals surface area (Å²) >= 11 is 0. The minimum atomic E-state index is -4.34. The number of unbranched alkanes of at least 4 members (excludes halogenated alkanes) is 1. The molecule has 0 radical (unpaired) electrons. The molecule has 0 unspecified atom stereocenters. The molecule has 0 aromatic heterocycles. The Balaban J connectivity index is 3.68. The van der Waals surface area contributed by atoms with Crippen molar-refractivity contribution in [3.8, 4) is 0 Å². The summed E-state index contributed by atoms with van der Waals surface area (Å²) in [5.74, 6) is 0. The molecule has 74 valence electrons. The molecule has 0 rings (SSSR count). The summed E-state index contributed by atoms with van der Waals surface area (Å²) in [6.07, 6.45) is -2.82. The van der Waals surface area contributed by atoms with Gasteiger partial charge in [0.25, 0.3) is 0 Å². The third-order valence-corrected chi connectivity index (χ3v) is 1.50. The van der Waals surface area contributed by atoms with E-state index in [9.17, 15) is 13.2 Å². The Bertz CT molecular complexity index is 116. The fraction of sp³-hybridized carbons (Fsp3) is 1.00. The zero-order valence-electron chi connectivity index (χ0n) is 6.99. The van der Waals surface area contributed by atoms with Crippen molar-refractivity contribution in [1.82, 2.24) is 5.32 Å². The molecule has 2 N–H and O–H groups in total. The van der Waals surface area contributed by atoms with Gasteiger partial charge in [-0.2, -0.15) is 13.2 Å². The maximum Gasteiger partial charge on any atom is 0.406 e. The number of hydrogen-bond acceptors (Lipinski definition) is 2. The number of rotatable bonds is 5. The van der Waals surface area contributed by atoms with Gasteiger partial charge in [-0.25, -0.2) is 0 Å². The van der Waals surface area contributed by atoms with Gasteiger partial charge < -0.3 is 10.4 Å². The lowest BCUT2D eigenvalue weighted by atomic mass is 10.2. The van der Waals surface area contributed by atoms with Crippen LogP contribution in [0.5, 0.6) is 0 Å². The molecule has 0 aliphatic rings. The van der Waals surface area contributed by atoms with E-state index in [0.29, 0.717) is 13.0 Å². The van der Waals surface area contributed by atoms with E-state index in [1.807, 2.05) is 6.92 Å². The van der Waals surface area contributed by atoms with E-state index >= 15 is 0 Å². The lowest BCUT2D eigenvalue weighted by Crippen LogP contribution is -2.45. The van der Waals surface area contributed by atoms with Crippen LogP contribution >= 0.6 is 0 Å². The van der Waals surface area contributed by atoms with Gasteiger partial charge >= 0.3 is 6.18 Å². The Morgan fingerprint density at radius 3 is 2.33 bits per heavy atom.